The molecular formula is C9H7NO5S. The number of sulfone groups is 1. The van der Waals surface area contributed by atoms with Crippen LogP contribution < -0.4 is 4.74 Å². The lowest BCUT2D eigenvalue weighted by Crippen LogP contribution is -1.98. The summed E-state index contributed by atoms with van der Waals surface area (Å²) in [6.07, 6.45) is 1.33. The minimum Gasteiger partial charge on any atom is -0.490 e. The maximum atomic E-state index is 11.5. The zero-order valence-electron chi connectivity index (χ0n) is 8.21. The third-order valence-corrected chi connectivity index (χ3v) is 3.70. The van der Waals surface area contributed by atoms with Gasteiger partial charge in [0, 0.05) is 23.1 Å². The van der Waals surface area contributed by atoms with E-state index < -0.39 is 14.8 Å². The van der Waals surface area contributed by atoms with E-state index in [4.69, 9.17) is 4.74 Å². The SMILES string of the molecule is COc1cc2c(cc1[N+](=O)[O-])C=CS2(=O)=O. The molecule has 0 N–H and O–H groups in total. The van der Waals surface area contributed by atoms with Crippen LogP contribution in [0.3, 0.4) is 0 Å². The molecule has 7 heteroatoms. The first kappa shape index (κ1) is 10.6. The summed E-state index contributed by atoms with van der Waals surface area (Å²) in [5.41, 5.74) is 0.0653. The molecule has 6 nitrogen and oxygen atoms in total. The molecule has 0 fully saturated rings. The van der Waals surface area contributed by atoms with Gasteiger partial charge in [-0.25, -0.2) is 8.42 Å². The predicted molar refractivity (Wildman–Crippen MR) is 55.9 cm³/mol. The largest absolute Gasteiger partial charge is 0.490 e. The van der Waals surface area contributed by atoms with Crippen molar-refractivity contribution in [3.8, 4) is 5.75 Å². The highest BCUT2D eigenvalue weighted by Gasteiger charge is 2.26. The predicted octanol–water partition coefficient (Wildman–Crippen LogP) is 1.36. The van der Waals surface area contributed by atoms with E-state index in [0.717, 1.165) is 5.41 Å². The normalized spacial score (nSPS) is 15.8. The molecule has 0 unspecified atom stereocenters. The van der Waals surface area contributed by atoms with Crippen molar-refractivity contribution in [2.75, 3.05) is 7.11 Å². The molecule has 1 aromatic rings. The Labute approximate surface area is 91.2 Å². The van der Waals surface area contributed by atoms with E-state index in [9.17, 15) is 18.5 Å². The number of methoxy groups -OCH3 is 1. The lowest BCUT2D eigenvalue weighted by atomic mass is 10.2. The number of ether oxygens (including phenoxy) is 1. The molecule has 0 aromatic heterocycles. The van der Waals surface area contributed by atoms with Crippen molar-refractivity contribution in [3.63, 3.8) is 0 Å². The second kappa shape index (κ2) is 3.31. The first-order valence-corrected chi connectivity index (χ1v) is 5.80. The smallest absolute Gasteiger partial charge is 0.311 e. The van der Waals surface area contributed by atoms with Crippen LogP contribution in [0, 0.1) is 10.1 Å². The molecule has 0 atom stereocenters. The molecule has 1 aromatic carbocycles. The summed E-state index contributed by atoms with van der Waals surface area (Å²) >= 11 is 0. The fourth-order valence-electron chi connectivity index (χ4n) is 1.48. The summed E-state index contributed by atoms with van der Waals surface area (Å²) in [7, 11) is -2.21. The number of rotatable bonds is 2. The minimum atomic E-state index is -3.46. The highest BCUT2D eigenvalue weighted by Crippen LogP contribution is 2.36. The molecular weight excluding hydrogens is 234 g/mol. The van der Waals surface area contributed by atoms with Crippen molar-refractivity contribution in [1.29, 1.82) is 0 Å². The van der Waals surface area contributed by atoms with E-state index in [-0.39, 0.29) is 16.3 Å². The van der Waals surface area contributed by atoms with E-state index in [0.29, 0.717) is 5.56 Å². The summed E-state index contributed by atoms with van der Waals surface area (Å²) in [6.45, 7) is 0. The number of fused-ring (bicyclic) bond motifs is 1. The Morgan fingerprint density at radius 2 is 2.06 bits per heavy atom. The molecule has 0 amide bonds. The number of hydrogen-bond donors (Lipinski definition) is 0. The van der Waals surface area contributed by atoms with Crippen LogP contribution in [0.2, 0.25) is 0 Å². The summed E-state index contributed by atoms with van der Waals surface area (Å²) in [5, 5.41) is 11.7. The maximum Gasteiger partial charge on any atom is 0.311 e. The molecule has 0 saturated heterocycles. The molecule has 2 rings (SSSR count). The van der Waals surface area contributed by atoms with Crippen molar-refractivity contribution in [2.24, 2.45) is 0 Å². The standard InChI is InChI=1S/C9H7NO5S/c1-15-8-5-9-6(2-3-16(9,13)14)4-7(8)10(11)12/h2-5H,1H3. The molecule has 1 aliphatic rings. The quantitative estimate of drug-likeness (QED) is 0.576. The van der Waals surface area contributed by atoms with Crippen molar-refractivity contribution < 1.29 is 18.1 Å². The summed E-state index contributed by atoms with van der Waals surface area (Å²) < 4.78 is 27.8. The molecule has 0 spiro atoms. The highest BCUT2D eigenvalue weighted by atomic mass is 32.2. The number of nitro groups is 1. The van der Waals surface area contributed by atoms with Gasteiger partial charge in [-0.1, -0.05) is 0 Å². The van der Waals surface area contributed by atoms with Gasteiger partial charge in [-0.15, -0.1) is 0 Å². The van der Waals surface area contributed by atoms with Crippen LogP contribution in [-0.2, 0) is 9.84 Å². The fraction of sp³-hybridized carbons (Fsp3) is 0.111. The number of hydrogen-bond acceptors (Lipinski definition) is 5. The molecule has 0 saturated carbocycles. The molecule has 1 aliphatic heterocycles. The van der Waals surface area contributed by atoms with E-state index >= 15 is 0 Å². The van der Waals surface area contributed by atoms with Gasteiger partial charge < -0.3 is 4.74 Å². The Bertz CT molecular complexity index is 603. The van der Waals surface area contributed by atoms with Crippen LogP contribution >= 0.6 is 0 Å². The van der Waals surface area contributed by atoms with E-state index in [2.05, 4.69) is 0 Å². The van der Waals surface area contributed by atoms with Crippen LogP contribution in [0.15, 0.2) is 22.4 Å². The minimum absolute atomic E-state index is 0.0370. The topological polar surface area (TPSA) is 86.5 Å². The lowest BCUT2D eigenvalue weighted by Gasteiger charge is -2.04. The Morgan fingerprint density at radius 1 is 1.38 bits per heavy atom. The first-order chi connectivity index (χ1) is 7.45. The number of nitro benzene ring substituents is 1. The molecule has 0 bridgehead atoms. The Morgan fingerprint density at radius 3 is 2.62 bits per heavy atom. The molecule has 1 heterocycles. The van der Waals surface area contributed by atoms with E-state index in [1.165, 1.54) is 25.3 Å². The average molecular weight is 241 g/mol. The second-order valence-corrected chi connectivity index (χ2v) is 4.97. The van der Waals surface area contributed by atoms with Crippen molar-refractivity contribution in [3.05, 3.63) is 33.2 Å². The summed E-state index contributed by atoms with van der Waals surface area (Å²) in [5.74, 6) is -0.0592. The number of nitrogens with zero attached hydrogens (tertiary/aromatic N) is 1. The zero-order chi connectivity index (χ0) is 11.9. The Balaban J connectivity index is 2.74. The third-order valence-electron chi connectivity index (χ3n) is 2.24. The van der Waals surface area contributed by atoms with Gasteiger partial charge in [0.25, 0.3) is 0 Å². The lowest BCUT2D eigenvalue weighted by molar-refractivity contribution is -0.385. The molecule has 0 aliphatic carbocycles. The van der Waals surface area contributed by atoms with Gasteiger partial charge in [0.05, 0.1) is 16.9 Å². The first-order valence-electron chi connectivity index (χ1n) is 4.25. The van der Waals surface area contributed by atoms with Gasteiger partial charge >= 0.3 is 5.69 Å². The third kappa shape index (κ3) is 1.45. The van der Waals surface area contributed by atoms with Gasteiger partial charge in [0.15, 0.2) is 5.75 Å². The Kier molecular flexibility index (Phi) is 2.20. The van der Waals surface area contributed by atoms with Gasteiger partial charge in [-0.2, -0.15) is 0 Å². The molecule has 84 valence electrons. The van der Waals surface area contributed by atoms with Crippen molar-refractivity contribution in [2.45, 2.75) is 4.90 Å². The van der Waals surface area contributed by atoms with Crippen LogP contribution in [0.5, 0.6) is 5.75 Å². The van der Waals surface area contributed by atoms with Gasteiger partial charge in [0.1, 0.15) is 0 Å². The fourth-order valence-corrected chi connectivity index (χ4v) is 2.68. The van der Waals surface area contributed by atoms with Crippen LogP contribution in [-0.4, -0.2) is 20.5 Å². The van der Waals surface area contributed by atoms with Crippen LogP contribution in [0.1, 0.15) is 5.56 Å². The molecule has 0 radical (unpaired) electrons. The van der Waals surface area contributed by atoms with Gasteiger partial charge in [-0.3, -0.25) is 10.1 Å². The highest BCUT2D eigenvalue weighted by molar-refractivity contribution is 7.94. The summed E-state index contributed by atoms with van der Waals surface area (Å²) in [6, 6.07) is 2.36. The van der Waals surface area contributed by atoms with E-state index in [1.807, 2.05) is 0 Å². The summed E-state index contributed by atoms with van der Waals surface area (Å²) in [4.78, 5) is 10.1. The van der Waals surface area contributed by atoms with Crippen LogP contribution in [0.4, 0.5) is 5.69 Å². The van der Waals surface area contributed by atoms with Gasteiger partial charge in [-0.05, 0) is 6.08 Å². The Hall–Kier alpha value is -1.89. The molecule has 16 heavy (non-hydrogen) atoms. The van der Waals surface area contributed by atoms with Crippen molar-refractivity contribution in [1.82, 2.24) is 0 Å². The average Bonchev–Trinajstić information content (AvgIpc) is 2.53. The number of benzene rings is 1. The van der Waals surface area contributed by atoms with Crippen LogP contribution in [0.25, 0.3) is 6.08 Å². The zero-order valence-corrected chi connectivity index (χ0v) is 9.02. The van der Waals surface area contributed by atoms with Crippen molar-refractivity contribution >= 4 is 21.6 Å². The van der Waals surface area contributed by atoms with Gasteiger partial charge in [0.2, 0.25) is 9.84 Å². The van der Waals surface area contributed by atoms with E-state index in [1.54, 1.807) is 0 Å². The monoisotopic (exact) mass is 241 g/mol. The second-order valence-electron chi connectivity index (χ2n) is 3.17. The maximum absolute atomic E-state index is 11.5.